The fraction of sp³-hybridized carbons (Fsp3) is 0.211. The monoisotopic (exact) mass is 368 g/mol. The Bertz CT molecular complexity index is 867. The van der Waals surface area contributed by atoms with E-state index in [4.69, 9.17) is 4.74 Å². The Morgan fingerprint density at radius 2 is 2.04 bits per heavy atom. The topological polar surface area (TPSA) is 69.0 Å². The van der Waals surface area contributed by atoms with E-state index in [0.29, 0.717) is 16.6 Å². The normalized spacial score (nSPS) is 11.8. The number of aromatic nitrogens is 3. The van der Waals surface area contributed by atoms with E-state index in [1.54, 1.807) is 19.5 Å². The maximum absolute atomic E-state index is 12.2. The molecule has 7 heteroatoms. The number of thioether (sulfide) groups is 1. The van der Waals surface area contributed by atoms with E-state index >= 15 is 0 Å². The van der Waals surface area contributed by atoms with Crippen molar-refractivity contribution in [3.05, 3.63) is 66.5 Å². The summed E-state index contributed by atoms with van der Waals surface area (Å²) >= 11 is 1.36. The molecule has 1 heterocycles. The Morgan fingerprint density at radius 3 is 2.81 bits per heavy atom. The van der Waals surface area contributed by atoms with E-state index in [1.807, 2.05) is 41.0 Å². The van der Waals surface area contributed by atoms with Crippen molar-refractivity contribution >= 4 is 23.4 Å². The molecule has 1 amide bonds. The molecule has 0 saturated carbocycles. The number of nitrogens with one attached hydrogen (secondary N) is 1. The smallest absolute Gasteiger partial charge is 0.234 e. The van der Waals surface area contributed by atoms with Crippen molar-refractivity contribution < 1.29 is 9.53 Å². The van der Waals surface area contributed by atoms with Crippen molar-refractivity contribution in [3.8, 4) is 5.75 Å². The third kappa shape index (κ3) is 4.43. The molecule has 0 spiro atoms. The highest BCUT2D eigenvalue weighted by Gasteiger charge is 2.14. The largest absolute Gasteiger partial charge is 0.497 e. The molecule has 6 nitrogen and oxygen atoms in total. The molecule has 3 rings (SSSR count). The van der Waals surface area contributed by atoms with Crippen LogP contribution in [0.2, 0.25) is 0 Å². The molecule has 1 unspecified atom stereocenters. The summed E-state index contributed by atoms with van der Waals surface area (Å²) in [6, 6.07) is 17.5. The summed E-state index contributed by atoms with van der Waals surface area (Å²) in [7, 11) is 1.59. The zero-order valence-corrected chi connectivity index (χ0v) is 15.4. The molecule has 134 valence electrons. The van der Waals surface area contributed by atoms with Crippen LogP contribution < -0.4 is 10.1 Å². The summed E-state index contributed by atoms with van der Waals surface area (Å²) in [5, 5.41) is 11.7. The molecule has 0 aliphatic heterocycles. The summed E-state index contributed by atoms with van der Waals surface area (Å²) in [6.07, 6.45) is 1.69. The fourth-order valence-electron chi connectivity index (χ4n) is 2.52. The van der Waals surface area contributed by atoms with Crippen LogP contribution in [0.25, 0.3) is 0 Å². The number of methoxy groups -OCH3 is 1. The van der Waals surface area contributed by atoms with Crippen molar-refractivity contribution in [2.45, 2.75) is 18.1 Å². The summed E-state index contributed by atoms with van der Waals surface area (Å²) in [5.41, 5.74) is 1.86. The van der Waals surface area contributed by atoms with Gasteiger partial charge in [0.05, 0.1) is 18.9 Å². The molecule has 0 saturated heterocycles. The van der Waals surface area contributed by atoms with Gasteiger partial charge in [-0.05, 0) is 24.6 Å². The molecule has 1 atom stereocenters. The first-order chi connectivity index (χ1) is 12.7. The van der Waals surface area contributed by atoms with Crippen LogP contribution in [0.15, 0.2) is 66.1 Å². The van der Waals surface area contributed by atoms with Crippen molar-refractivity contribution in [2.75, 3.05) is 18.2 Å². The van der Waals surface area contributed by atoms with E-state index in [1.165, 1.54) is 11.8 Å². The van der Waals surface area contributed by atoms with Gasteiger partial charge in [-0.2, -0.15) is 0 Å². The first-order valence-corrected chi connectivity index (χ1v) is 9.17. The number of carbonyl (C=O) groups excluding carboxylic acids is 1. The van der Waals surface area contributed by atoms with Gasteiger partial charge in [0.1, 0.15) is 12.1 Å². The summed E-state index contributed by atoms with van der Waals surface area (Å²) in [4.78, 5) is 12.2. The number of ether oxygens (including phenoxy) is 1. The Labute approximate surface area is 156 Å². The molecular formula is C19H20N4O2S. The van der Waals surface area contributed by atoms with Gasteiger partial charge in [0, 0.05) is 11.8 Å². The summed E-state index contributed by atoms with van der Waals surface area (Å²) < 4.78 is 7.13. The van der Waals surface area contributed by atoms with Crippen molar-refractivity contribution in [3.63, 3.8) is 0 Å². The summed E-state index contributed by atoms with van der Waals surface area (Å²) in [5.74, 6) is 0.842. The molecular weight excluding hydrogens is 348 g/mol. The van der Waals surface area contributed by atoms with Gasteiger partial charge in [-0.25, -0.2) is 0 Å². The molecule has 26 heavy (non-hydrogen) atoms. The molecule has 1 N–H and O–H groups in total. The predicted octanol–water partition coefficient (Wildman–Crippen LogP) is 3.63. The van der Waals surface area contributed by atoms with E-state index in [-0.39, 0.29) is 17.7 Å². The van der Waals surface area contributed by atoms with Crippen molar-refractivity contribution in [1.82, 2.24) is 14.8 Å². The fourth-order valence-corrected chi connectivity index (χ4v) is 3.31. The van der Waals surface area contributed by atoms with Gasteiger partial charge in [-0.15, -0.1) is 10.2 Å². The minimum Gasteiger partial charge on any atom is -0.497 e. The molecule has 3 aromatic rings. The lowest BCUT2D eigenvalue weighted by Crippen LogP contribution is -2.15. The van der Waals surface area contributed by atoms with Gasteiger partial charge >= 0.3 is 0 Å². The molecule has 0 aliphatic rings. The average molecular weight is 368 g/mol. The first-order valence-electron chi connectivity index (χ1n) is 8.18. The first kappa shape index (κ1) is 18.0. The van der Waals surface area contributed by atoms with Gasteiger partial charge < -0.3 is 14.6 Å². The maximum Gasteiger partial charge on any atom is 0.234 e. The zero-order chi connectivity index (χ0) is 18.4. The number of anilines is 1. The van der Waals surface area contributed by atoms with E-state index in [0.717, 1.165) is 5.56 Å². The average Bonchev–Trinajstić information content (AvgIpc) is 3.15. The minimum absolute atomic E-state index is 0.0927. The number of carbonyl (C=O) groups is 1. The Balaban J connectivity index is 1.62. The number of nitrogens with zero attached hydrogens (tertiary/aromatic N) is 3. The third-order valence-corrected chi connectivity index (χ3v) is 4.88. The van der Waals surface area contributed by atoms with Crippen LogP contribution in [0.5, 0.6) is 5.75 Å². The highest BCUT2D eigenvalue weighted by atomic mass is 32.2. The Kier molecular flexibility index (Phi) is 5.91. The van der Waals surface area contributed by atoms with Gasteiger partial charge in [-0.3, -0.25) is 4.79 Å². The van der Waals surface area contributed by atoms with E-state index in [2.05, 4.69) is 34.6 Å². The Morgan fingerprint density at radius 1 is 1.23 bits per heavy atom. The van der Waals surface area contributed by atoms with Crippen LogP contribution in [0, 0.1) is 0 Å². The molecule has 0 bridgehead atoms. The highest BCUT2D eigenvalue weighted by molar-refractivity contribution is 7.99. The Hall–Kier alpha value is -2.80. The van der Waals surface area contributed by atoms with E-state index < -0.39 is 0 Å². The number of rotatable bonds is 7. The lowest BCUT2D eigenvalue weighted by Gasteiger charge is -2.15. The number of hydrogen-bond acceptors (Lipinski definition) is 5. The van der Waals surface area contributed by atoms with Crippen LogP contribution in [-0.4, -0.2) is 33.5 Å². The molecule has 0 fully saturated rings. The minimum atomic E-state index is -0.106. The quantitative estimate of drug-likeness (QED) is 0.645. The number of amides is 1. The third-order valence-electron chi connectivity index (χ3n) is 3.93. The molecule has 2 aromatic carbocycles. The van der Waals surface area contributed by atoms with Crippen molar-refractivity contribution in [1.29, 1.82) is 0 Å². The van der Waals surface area contributed by atoms with Crippen LogP contribution in [0.4, 0.5) is 5.69 Å². The molecule has 0 aliphatic carbocycles. The van der Waals surface area contributed by atoms with Gasteiger partial charge in [-0.1, -0.05) is 48.2 Å². The maximum atomic E-state index is 12.2. The molecule has 1 aromatic heterocycles. The van der Waals surface area contributed by atoms with Crippen molar-refractivity contribution in [2.24, 2.45) is 0 Å². The second-order valence-corrected chi connectivity index (χ2v) is 6.62. The van der Waals surface area contributed by atoms with Crippen LogP contribution in [0.1, 0.15) is 18.5 Å². The summed E-state index contributed by atoms with van der Waals surface area (Å²) in [6.45, 7) is 2.08. The lowest BCUT2D eigenvalue weighted by atomic mass is 10.1. The van der Waals surface area contributed by atoms with Gasteiger partial charge in [0.2, 0.25) is 5.91 Å². The SMILES string of the molecule is COc1cccc(NC(=O)CSc2nncn2C(C)c2ccccc2)c1. The van der Waals surface area contributed by atoms with E-state index in [9.17, 15) is 4.79 Å². The van der Waals surface area contributed by atoms with Crippen LogP contribution in [0.3, 0.4) is 0 Å². The van der Waals surface area contributed by atoms with Crippen LogP contribution in [-0.2, 0) is 4.79 Å². The van der Waals surface area contributed by atoms with Gasteiger partial charge in [0.15, 0.2) is 5.16 Å². The standard InChI is InChI=1S/C19H20N4O2S/c1-14(15-7-4-3-5-8-15)23-13-20-22-19(23)26-12-18(24)21-16-9-6-10-17(11-16)25-2/h3-11,13-14H,12H2,1-2H3,(H,21,24). The highest BCUT2D eigenvalue weighted by Crippen LogP contribution is 2.24. The predicted molar refractivity (Wildman–Crippen MR) is 103 cm³/mol. The number of benzene rings is 2. The molecule has 0 radical (unpaired) electrons. The van der Waals surface area contributed by atoms with Crippen LogP contribution >= 0.6 is 11.8 Å². The van der Waals surface area contributed by atoms with Gasteiger partial charge in [0.25, 0.3) is 0 Å². The zero-order valence-electron chi connectivity index (χ0n) is 14.6. The number of hydrogen-bond donors (Lipinski definition) is 1. The second-order valence-electron chi connectivity index (χ2n) is 5.68. The lowest BCUT2D eigenvalue weighted by molar-refractivity contribution is -0.113. The second kappa shape index (κ2) is 8.53.